The number of alkyl halides is 1. The van der Waals surface area contributed by atoms with Crippen molar-refractivity contribution in [2.45, 2.75) is 12.3 Å². The van der Waals surface area contributed by atoms with Crippen LogP contribution in [0.3, 0.4) is 0 Å². The number of rotatable bonds is 5. The van der Waals surface area contributed by atoms with E-state index in [1.54, 1.807) is 25.1 Å². The number of ether oxygens (including phenoxy) is 1. The van der Waals surface area contributed by atoms with Crippen molar-refractivity contribution >= 4 is 33.4 Å². The molecule has 1 unspecified atom stereocenters. The van der Waals surface area contributed by atoms with Crippen molar-refractivity contribution in [2.24, 2.45) is 0 Å². The zero-order valence-corrected chi connectivity index (χ0v) is 13.1. The summed E-state index contributed by atoms with van der Waals surface area (Å²) in [5.41, 5.74) is 1.70. The minimum atomic E-state index is -0.194. The second-order valence-corrected chi connectivity index (χ2v) is 5.67. The number of benzene rings is 1. The molecule has 0 N–H and O–H groups in total. The van der Waals surface area contributed by atoms with Gasteiger partial charge in [0.05, 0.1) is 12.0 Å². The fraction of sp³-hybridized carbons (Fsp3) is 0.462. The molecule has 0 aromatic heterocycles. The van der Waals surface area contributed by atoms with Gasteiger partial charge in [0.2, 0.25) is 0 Å². The summed E-state index contributed by atoms with van der Waals surface area (Å²) >= 11 is 9.45. The maximum Gasteiger partial charge on any atom is 0.253 e. The fourth-order valence-electron chi connectivity index (χ4n) is 1.61. The molecule has 1 amide bonds. The van der Waals surface area contributed by atoms with Gasteiger partial charge in [0.15, 0.2) is 0 Å². The SMILES string of the molecule is COCC(Cl)CN(C)C(=O)c1ccc(Br)c(C)c1. The van der Waals surface area contributed by atoms with Crippen LogP contribution in [-0.4, -0.2) is 43.5 Å². The highest BCUT2D eigenvalue weighted by Crippen LogP contribution is 2.18. The van der Waals surface area contributed by atoms with Gasteiger partial charge in [-0.25, -0.2) is 0 Å². The lowest BCUT2D eigenvalue weighted by atomic mass is 10.1. The molecule has 0 aliphatic heterocycles. The molecule has 0 spiro atoms. The number of hydrogen-bond acceptors (Lipinski definition) is 2. The van der Waals surface area contributed by atoms with Gasteiger partial charge in [-0.15, -0.1) is 11.6 Å². The third kappa shape index (κ3) is 4.26. The smallest absolute Gasteiger partial charge is 0.253 e. The Hall–Kier alpha value is -0.580. The molecule has 100 valence electrons. The zero-order valence-electron chi connectivity index (χ0n) is 10.7. The van der Waals surface area contributed by atoms with Gasteiger partial charge in [-0.05, 0) is 30.7 Å². The molecule has 3 nitrogen and oxygen atoms in total. The predicted octanol–water partition coefficient (Wildman–Crippen LogP) is 3.08. The minimum absolute atomic E-state index is 0.0349. The highest BCUT2D eigenvalue weighted by atomic mass is 79.9. The standard InChI is InChI=1S/C13H17BrClNO2/c1-9-6-10(4-5-12(9)14)13(17)16(2)7-11(15)8-18-3/h4-6,11H,7-8H2,1-3H3. The quantitative estimate of drug-likeness (QED) is 0.775. The van der Waals surface area contributed by atoms with E-state index < -0.39 is 0 Å². The first-order chi connectivity index (χ1) is 8.45. The first kappa shape index (κ1) is 15.5. The predicted molar refractivity (Wildman–Crippen MR) is 77.4 cm³/mol. The summed E-state index contributed by atoms with van der Waals surface area (Å²) in [5, 5.41) is -0.194. The molecule has 0 radical (unpaired) electrons. The molecule has 0 aliphatic carbocycles. The van der Waals surface area contributed by atoms with E-state index in [1.807, 2.05) is 19.1 Å². The monoisotopic (exact) mass is 333 g/mol. The molecule has 0 bridgehead atoms. The van der Waals surface area contributed by atoms with Gasteiger partial charge in [0.25, 0.3) is 5.91 Å². The van der Waals surface area contributed by atoms with Gasteiger partial charge in [0, 0.05) is 30.7 Å². The van der Waals surface area contributed by atoms with Crippen molar-refractivity contribution in [2.75, 3.05) is 27.3 Å². The topological polar surface area (TPSA) is 29.5 Å². The van der Waals surface area contributed by atoms with Crippen LogP contribution in [0.15, 0.2) is 22.7 Å². The van der Waals surface area contributed by atoms with Crippen molar-refractivity contribution in [1.82, 2.24) is 4.90 Å². The van der Waals surface area contributed by atoms with E-state index >= 15 is 0 Å². The highest BCUT2D eigenvalue weighted by Gasteiger charge is 2.16. The molecule has 1 aromatic carbocycles. The average molecular weight is 335 g/mol. The van der Waals surface area contributed by atoms with Crippen LogP contribution in [0.5, 0.6) is 0 Å². The van der Waals surface area contributed by atoms with E-state index in [9.17, 15) is 4.79 Å². The van der Waals surface area contributed by atoms with E-state index in [0.717, 1.165) is 10.0 Å². The normalized spacial score (nSPS) is 12.3. The van der Waals surface area contributed by atoms with Crippen LogP contribution in [0.4, 0.5) is 0 Å². The molecule has 5 heteroatoms. The van der Waals surface area contributed by atoms with Crippen LogP contribution in [0.25, 0.3) is 0 Å². The molecular formula is C13H17BrClNO2. The lowest BCUT2D eigenvalue weighted by Gasteiger charge is -2.20. The van der Waals surface area contributed by atoms with E-state index in [0.29, 0.717) is 18.7 Å². The summed E-state index contributed by atoms with van der Waals surface area (Å²) in [7, 11) is 3.33. The van der Waals surface area contributed by atoms with Crippen LogP contribution in [0.1, 0.15) is 15.9 Å². The van der Waals surface area contributed by atoms with E-state index in [-0.39, 0.29) is 11.3 Å². The number of nitrogens with zero attached hydrogens (tertiary/aromatic N) is 1. The van der Waals surface area contributed by atoms with E-state index in [1.165, 1.54) is 0 Å². The summed E-state index contributed by atoms with van der Waals surface area (Å²) in [6.07, 6.45) is 0. The Morgan fingerprint density at radius 1 is 1.56 bits per heavy atom. The summed E-state index contributed by atoms with van der Waals surface area (Å²) in [5.74, 6) is -0.0349. The molecule has 1 rings (SSSR count). The molecule has 0 aliphatic rings. The van der Waals surface area contributed by atoms with Crippen molar-refractivity contribution in [3.8, 4) is 0 Å². The van der Waals surface area contributed by atoms with Gasteiger partial charge < -0.3 is 9.64 Å². The van der Waals surface area contributed by atoms with Crippen LogP contribution in [0.2, 0.25) is 0 Å². The molecule has 0 saturated heterocycles. The number of carbonyl (C=O) groups excluding carboxylic acids is 1. The van der Waals surface area contributed by atoms with Gasteiger partial charge in [-0.2, -0.15) is 0 Å². The van der Waals surface area contributed by atoms with Gasteiger partial charge >= 0.3 is 0 Å². The highest BCUT2D eigenvalue weighted by molar-refractivity contribution is 9.10. The first-order valence-corrected chi connectivity index (χ1v) is 6.83. The number of halogens is 2. The molecule has 0 heterocycles. The Morgan fingerprint density at radius 3 is 2.78 bits per heavy atom. The second-order valence-electron chi connectivity index (χ2n) is 4.20. The Bertz CT molecular complexity index is 425. The number of carbonyl (C=O) groups is 1. The summed E-state index contributed by atoms with van der Waals surface area (Å²) in [4.78, 5) is 13.8. The third-order valence-electron chi connectivity index (χ3n) is 2.57. The lowest BCUT2D eigenvalue weighted by molar-refractivity contribution is 0.0781. The Morgan fingerprint density at radius 2 is 2.22 bits per heavy atom. The minimum Gasteiger partial charge on any atom is -0.383 e. The number of methoxy groups -OCH3 is 1. The molecule has 0 saturated carbocycles. The van der Waals surface area contributed by atoms with Crippen molar-refractivity contribution in [3.63, 3.8) is 0 Å². The van der Waals surface area contributed by atoms with E-state index in [4.69, 9.17) is 16.3 Å². The molecule has 18 heavy (non-hydrogen) atoms. The third-order valence-corrected chi connectivity index (χ3v) is 3.72. The molecule has 1 atom stereocenters. The van der Waals surface area contributed by atoms with Gasteiger partial charge in [0.1, 0.15) is 0 Å². The van der Waals surface area contributed by atoms with Crippen LogP contribution < -0.4 is 0 Å². The van der Waals surface area contributed by atoms with Crippen LogP contribution >= 0.6 is 27.5 Å². The average Bonchev–Trinajstić information content (AvgIpc) is 2.32. The second kappa shape index (κ2) is 7.12. The molecular weight excluding hydrogens is 318 g/mol. The summed E-state index contributed by atoms with van der Waals surface area (Å²) < 4.78 is 5.95. The zero-order chi connectivity index (χ0) is 13.7. The Kier molecular flexibility index (Phi) is 6.12. The van der Waals surface area contributed by atoms with Crippen molar-refractivity contribution < 1.29 is 9.53 Å². The molecule has 1 aromatic rings. The van der Waals surface area contributed by atoms with Crippen molar-refractivity contribution in [3.05, 3.63) is 33.8 Å². The molecule has 0 fully saturated rings. The number of aryl methyl sites for hydroxylation is 1. The van der Waals surface area contributed by atoms with Gasteiger partial charge in [-0.1, -0.05) is 15.9 Å². The summed E-state index contributed by atoms with van der Waals surface area (Å²) in [6.45, 7) is 2.85. The van der Waals surface area contributed by atoms with E-state index in [2.05, 4.69) is 15.9 Å². The maximum atomic E-state index is 12.2. The van der Waals surface area contributed by atoms with Crippen LogP contribution in [-0.2, 0) is 4.74 Å². The largest absolute Gasteiger partial charge is 0.383 e. The Balaban J connectivity index is 2.71. The number of amides is 1. The van der Waals surface area contributed by atoms with Crippen molar-refractivity contribution in [1.29, 1.82) is 0 Å². The summed E-state index contributed by atoms with van der Waals surface area (Å²) in [6, 6.07) is 5.54. The maximum absolute atomic E-state index is 12.2. The Labute approximate surface area is 121 Å². The lowest BCUT2D eigenvalue weighted by Crippen LogP contribution is -2.33. The van der Waals surface area contributed by atoms with Crippen LogP contribution in [0, 0.1) is 6.92 Å². The first-order valence-electron chi connectivity index (χ1n) is 5.60. The fourth-order valence-corrected chi connectivity index (χ4v) is 2.19. The number of hydrogen-bond donors (Lipinski definition) is 0. The van der Waals surface area contributed by atoms with Gasteiger partial charge in [-0.3, -0.25) is 4.79 Å².